The van der Waals surface area contributed by atoms with E-state index in [2.05, 4.69) is 10.6 Å². The number of aliphatic hydroxyl groups excluding tert-OH is 1. The van der Waals surface area contributed by atoms with E-state index in [-0.39, 0.29) is 13.0 Å². The van der Waals surface area contributed by atoms with Gasteiger partial charge in [-0.3, -0.25) is 9.59 Å². The predicted octanol–water partition coefficient (Wildman–Crippen LogP) is 0.358. The largest absolute Gasteiger partial charge is 0.445 e. The lowest BCUT2D eigenvalue weighted by molar-refractivity contribution is -0.129. The van der Waals surface area contributed by atoms with Crippen LogP contribution >= 0.6 is 0 Å². The second kappa shape index (κ2) is 11.2. The van der Waals surface area contributed by atoms with Gasteiger partial charge in [0.25, 0.3) is 0 Å². The molecule has 0 bridgehead atoms. The third-order valence-corrected chi connectivity index (χ3v) is 4.19. The molecule has 0 aliphatic heterocycles. The lowest BCUT2D eigenvalue weighted by atomic mass is 10.0. The van der Waals surface area contributed by atoms with Crippen molar-refractivity contribution in [3.63, 3.8) is 0 Å². The first-order chi connectivity index (χ1) is 14.4. The van der Waals surface area contributed by atoms with Gasteiger partial charge in [-0.1, -0.05) is 42.5 Å². The highest BCUT2D eigenvalue weighted by atomic mass is 16.5. The van der Waals surface area contributed by atoms with Crippen LogP contribution in [0.4, 0.5) is 4.79 Å². The van der Waals surface area contributed by atoms with Gasteiger partial charge in [0.15, 0.2) is 0 Å². The number of nitrogens with one attached hydrogen (secondary N) is 2. The van der Waals surface area contributed by atoms with Gasteiger partial charge in [-0.2, -0.15) is 5.26 Å². The number of rotatable bonds is 9. The first-order valence-electron chi connectivity index (χ1n) is 9.09. The molecular formula is C21H22N4O5. The van der Waals surface area contributed by atoms with Crippen LogP contribution in [0.25, 0.3) is 0 Å². The molecule has 0 aliphatic carbocycles. The first-order valence-corrected chi connectivity index (χ1v) is 9.09. The van der Waals surface area contributed by atoms with E-state index >= 15 is 0 Å². The number of nitrogens with two attached hydrogens (primary N) is 1. The minimum Gasteiger partial charge on any atom is -0.445 e. The highest BCUT2D eigenvalue weighted by molar-refractivity contribution is 5.91. The highest BCUT2D eigenvalue weighted by Crippen LogP contribution is 2.07. The van der Waals surface area contributed by atoms with Crippen LogP contribution in [0.3, 0.4) is 0 Å². The summed E-state index contributed by atoms with van der Waals surface area (Å²) in [6, 6.07) is 15.0. The Morgan fingerprint density at radius 1 is 1.00 bits per heavy atom. The van der Waals surface area contributed by atoms with E-state index in [0.29, 0.717) is 11.1 Å². The quantitative estimate of drug-likeness (QED) is 0.468. The molecule has 0 saturated carbocycles. The van der Waals surface area contributed by atoms with Gasteiger partial charge >= 0.3 is 6.09 Å². The summed E-state index contributed by atoms with van der Waals surface area (Å²) >= 11 is 0. The Labute approximate surface area is 173 Å². The number of amides is 3. The van der Waals surface area contributed by atoms with Gasteiger partial charge in [0.05, 0.1) is 18.2 Å². The molecule has 0 unspecified atom stereocenters. The predicted molar refractivity (Wildman–Crippen MR) is 107 cm³/mol. The summed E-state index contributed by atoms with van der Waals surface area (Å²) in [5.41, 5.74) is 7.25. The van der Waals surface area contributed by atoms with Crippen LogP contribution in [0, 0.1) is 11.3 Å². The maximum Gasteiger partial charge on any atom is 0.408 e. The molecule has 9 heteroatoms. The number of alkyl carbamates (subject to hydrolysis) is 1. The number of aliphatic hydroxyl groups is 1. The summed E-state index contributed by atoms with van der Waals surface area (Å²) in [6.07, 6.45) is -0.806. The van der Waals surface area contributed by atoms with Gasteiger partial charge in [0, 0.05) is 6.42 Å². The molecule has 0 aromatic heterocycles. The van der Waals surface area contributed by atoms with Gasteiger partial charge in [-0.25, -0.2) is 4.79 Å². The summed E-state index contributed by atoms with van der Waals surface area (Å²) in [7, 11) is 0. The van der Waals surface area contributed by atoms with E-state index in [0.717, 1.165) is 5.56 Å². The Kier molecular flexibility index (Phi) is 8.35. The van der Waals surface area contributed by atoms with Crippen molar-refractivity contribution in [3.05, 3.63) is 71.3 Å². The van der Waals surface area contributed by atoms with Crippen molar-refractivity contribution in [2.75, 3.05) is 6.61 Å². The Morgan fingerprint density at radius 3 is 2.23 bits per heavy atom. The van der Waals surface area contributed by atoms with Crippen LogP contribution in [0.15, 0.2) is 54.6 Å². The molecule has 2 aromatic rings. The van der Waals surface area contributed by atoms with Crippen molar-refractivity contribution in [2.45, 2.75) is 25.1 Å². The summed E-state index contributed by atoms with van der Waals surface area (Å²) in [4.78, 5) is 36.1. The lowest BCUT2D eigenvalue weighted by Gasteiger charge is -2.20. The fraction of sp³-hybridized carbons (Fsp3) is 0.238. The van der Waals surface area contributed by atoms with Crippen LogP contribution in [-0.2, 0) is 27.4 Å². The molecule has 0 heterocycles. The number of carbonyl (C=O) groups excluding carboxylic acids is 3. The number of benzene rings is 2. The molecular weight excluding hydrogens is 388 g/mol. The Bertz CT molecular complexity index is 909. The van der Waals surface area contributed by atoms with Crippen molar-refractivity contribution < 1.29 is 24.2 Å². The van der Waals surface area contributed by atoms with Crippen LogP contribution in [-0.4, -0.2) is 41.7 Å². The number of nitrogens with zero attached hydrogens (tertiary/aromatic N) is 1. The number of carbonyl (C=O) groups is 3. The van der Waals surface area contributed by atoms with E-state index < -0.39 is 36.6 Å². The minimum atomic E-state index is -1.32. The molecule has 2 aromatic carbocycles. The van der Waals surface area contributed by atoms with E-state index in [4.69, 9.17) is 15.7 Å². The topological polar surface area (TPSA) is 155 Å². The minimum absolute atomic E-state index is 0.00492. The average molecular weight is 410 g/mol. The number of primary amides is 1. The molecule has 3 amide bonds. The standard InChI is InChI=1S/C21H22N4O5/c22-11-15-8-6-14(7-9-15)10-17(19(23)27)24-20(28)18(12-26)25-21(29)30-13-16-4-2-1-3-5-16/h1-9,17-18,26H,10,12-13H2,(H2,23,27)(H,24,28)(H,25,29)/t17-,18-/m0/s1. The number of nitriles is 1. The van der Waals surface area contributed by atoms with Crippen LogP contribution in [0.1, 0.15) is 16.7 Å². The fourth-order valence-electron chi connectivity index (χ4n) is 2.55. The Balaban J connectivity index is 1.92. The third-order valence-electron chi connectivity index (χ3n) is 4.19. The lowest BCUT2D eigenvalue weighted by Crippen LogP contribution is -2.54. The monoisotopic (exact) mass is 410 g/mol. The Hall–Kier alpha value is -3.90. The molecule has 5 N–H and O–H groups in total. The van der Waals surface area contributed by atoms with Gasteiger partial charge in [-0.15, -0.1) is 0 Å². The number of hydrogen-bond acceptors (Lipinski definition) is 6. The zero-order valence-corrected chi connectivity index (χ0v) is 16.1. The molecule has 2 atom stereocenters. The summed E-state index contributed by atoms with van der Waals surface area (Å²) < 4.78 is 5.02. The number of ether oxygens (including phenoxy) is 1. The van der Waals surface area contributed by atoms with Crippen LogP contribution in [0.2, 0.25) is 0 Å². The second-order valence-corrected chi connectivity index (χ2v) is 6.42. The molecule has 9 nitrogen and oxygen atoms in total. The van der Waals surface area contributed by atoms with Crippen molar-refractivity contribution in [1.82, 2.24) is 10.6 Å². The molecule has 0 saturated heterocycles. The molecule has 0 spiro atoms. The molecule has 0 fully saturated rings. The smallest absolute Gasteiger partial charge is 0.408 e. The summed E-state index contributed by atoms with van der Waals surface area (Å²) in [6.45, 7) is -0.705. The SMILES string of the molecule is N#Cc1ccc(C[C@H](NC(=O)[C@H](CO)NC(=O)OCc2ccccc2)C(N)=O)cc1. The molecule has 30 heavy (non-hydrogen) atoms. The zero-order valence-electron chi connectivity index (χ0n) is 16.1. The van der Waals surface area contributed by atoms with Crippen molar-refractivity contribution >= 4 is 17.9 Å². The average Bonchev–Trinajstić information content (AvgIpc) is 2.76. The van der Waals surface area contributed by atoms with Gasteiger partial charge < -0.3 is 26.2 Å². The normalized spacial score (nSPS) is 12.1. The van der Waals surface area contributed by atoms with Crippen LogP contribution < -0.4 is 16.4 Å². The first kappa shape index (κ1) is 22.4. The molecule has 0 radical (unpaired) electrons. The number of hydrogen-bond donors (Lipinski definition) is 4. The summed E-state index contributed by atoms with van der Waals surface area (Å²) in [5.74, 6) is -1.57. The maximum atomic E-state index is 12.4. The van der Waals surface area contributed by atoms with Gasteiger partial charge in [-0.05, 0) is 23.3 Å². The third kappa shape index (κ3) is 6.92. The Morgan fingerprint density at radius 2 is 1.67 bits per heavy atom. The fourth-order valence-corrected chi connectivity index (χ4v) is 2.55. The van der Waals surface area contributed by atoms with Crippen LogP contribution in [0.5, 0.6) is 0 Å². The molecule has 156 valence electrons. The van der Waals surface area contributed by atoms with Gasteiger partial charge in [0.1, 0.15) is 18.7 Å². The van der Waals surface area contributed by atoms with Crippen molar-refractivity contribution in [3.8, 4) is 6.07 Å². The van der Waals surface area contributed by atoms with Crippen molar-refractivity contribution in [2.24, 2.45) is 5.73 Å². The second-order valence-electron chi connectivity index (χ2n) is 6.42. The zero-order chi connectivity index (χ0) is 21.9. The van der Waals surface area contributed by atoms with E-state index in [9.17, 15) is 19.5 Å². The summed E-state index contributed by atoms with van der Waals surface area (Å²) in [5, 5.41) is 22.9. The van der Waals surface area contributed by atoms with E-state index in [1.807, 2.05) is 12.1 Å². The molecule has 0 aliphatic rings. The highest BCUT2D eigenvalue weighted by Gasteiger charge is 2.26. The maximum absolute atomic E-state index is 12.4. The van der Waals surface area contributed by atoms with Crippen molar-refractivity contribution in [1.29, 1.82) is 5.26 Å². The van der Waals surface area contributed by atoms with E-state index in [1.165, 1.54) is 0 Å². The molecule has 2 rings (SSSR count). The van der Waals surface area contributed by atoms with E-state index in [1.54, 1.807) is 48.5 Å². The van der Waals surface area contributed by atoms with Gasteiger partial charge in [0.2, 0.25) is 11.8 Å².